The van der Waals surface area contributed by atoms with Crippen LogP contribution in [0.3, 0.4) is 0 Å². The Morgan fingerprint density at radius 1 is 1.38 bits per heavy atom. The van der Waals surface area contributed by atoms with Gasteiger partial charge in [-0.2, -0.15) is 0 Å². The van der Waals surface area contributed by atoms with Gasteiger partial charge in [0, 0.05) is 4.47 Å². The molecule has 16 heavy (non-hydrogen) atoms. The van der Waals surface area contributed by atoms with Crippen LogP contribution in [-0.4, -0.2) is 19.0 Å². The van der Waals surface area contributed by atoms with Gasteiger partial charge < -0.3 is 5.32 Å². The van der Waals surface area contributed by atoms with Crippen LogP contribution in [0.5, 0.6) is 0 Å². The van der Waals surface area contributed by atoms with Crippen molar-refractivity contribution in [2.24, 2.45) is 0 Å². The first kappa shape index (κ1) is 13.5. The van der Waals surface area contributed by atoms with E-state index in [-0.39, 0.29) is 12.2 Å². The van der Waals surface area contributed by atoms with Gasteiger partial charge in [0.05, 0.1) is 6.04 Å². The van der Waals surface area contributed by atoms with Crippen molar-refractivity contribution in [1.82, 2.24) is 5.32 Å². The van der Waals surface area contributed by atoms with Crippen LogP contribution in [0.4, 0.5) is 13.2 Å². The molecule has 0 fully saturated rings. The molecule has 0 aliphatic rings. The maximum absolute atomic E-state index is 12.8. The molecule has 0 aliphatic heterocycles. The third kappa shape index (κ3) is 3.79. The predicted molar refractivity (Wildman–Crippen MR) is 61.3 cm³/mol. The van der Waals surface area contributed by atoms with Crippen molar-refractivity contribution in [1.29, 1.82) is 0 Å². The maximum atomic E-state index is 12.8. The summed E-state index contributed by atoms with van der Waals surface area (Å²) in [6.07, 6.45) is -2.26. The molecule has 0 bridgehead atoms. The monoisotopic (exact) mass is 295 g/mol. The fraction of sp³-hybridized carbons (Fsp3) is 0.455. The summed E-state index contributed by atoms with van der Waals surface area (Å²) in [4.78, 5) is 0. The van der Waals surface area contributed by atoms with E-state index in [4.69, 9.17) is 0 Å². The number of halogens is 4. The highest BCUT2D eigenvalue weighted by Gasteiger charge is 2.20. The number of nitrogens with one attached hydrogen (secondary N) is 1. The van der Waals surface area contributed by atoms with Crippen molar-refractivity contribution in [3.05, 3.63) is 34.1 Å². The third-order valence-corrected chi connectivity index (χ3v) is 2.96. The smallest absolute Gasteiger partial charge is 0.254 e. The quantitative estimate of drug-likeness (QED) is 0.878. The Balaban J connectivity index is 2.77. The average Bonchev–Trinajstić information content (AvgIpc) is 2.20. The molecule has 0 radical (unpaired) electrons. The van der Waals surface area contributed by atoms with Crippen LogP contribution in [0.2, 0.25) is 0 Å². The molecule has 1 aromatic carbocycles. The van der Waals surface area contributed by atoms with Gasteiger partial charge >= 0.3 is 0 Å². The fourth-order valence-corrected chi connectivity index (χ4v) is 1.95. The van der Waals surface area contributed by atoms with E-state index in [1.807, 2.05) is 0 Å². The lowest BCUT2D eigenvalue weighted by Crippen LogP contribution is -2.37. The van der Waals surface area contributed by atoms with Crippen molar-refractivity contribution >= 4 is 15.9 Å². The van der Waals surface area contributed by atoms with E-state index in [9.17, 15) is 13.2 Å². The van der Waals surface area contributed by atoms with Gasteiger partial charge in [0.1, 0.15) is 5.82 Å². The second kappa shape index (κ2) is 6.25. The van der Waals surface area contributed by atoms with Gasteiger partial charge in [-0.15, -0.1) is 0 Å². The van der Waals surface area contributed by atoms with E-state index in [0.717, 1.165) is 0 Å². The lowest BCUT2D eigenvalue weighted by atomic mass is 10.1. The molecular weight excluding hydrogens is 283 g/mol. The molecule has 90 valence electrons. The van der Waals surface area contributed by atoms with Crippen molar-refractivity contribution in [3.63, 3.8) is 0 Å². The number of hydrogen-bond donors (Lipinski definition) is 1. The van der Waals surface area contributed by atoms with Gasteiger partial charge in [-0.25, -0.2) is 13.2 Å². The van der Waals surface area contributed by atoms with Crippen molar-refractivity contribution in [2.75, 3.05) is 6.54 Å². The van der Waals surface area contributed by atoms with Gasteiger partial charge in [0.15, 0.2) is 0 Å². The summed E-state index contributed by atoms with van der Waals surface area (Å²) in [5.41, 5.74) is 0.674. The van der Waals surface area contributed by atoms with Gasteiger partial charge in [0.25, 0.3) is 6.43 Å². The van der Waals surface area contributed by atoms with Crippen molar-refractivity contribution < 1.29 is 13.2 Å². The predicted octanol–water partition coefficient (Wildman–Crippen LogP) is 3.37. The van der Waals surface area contributed by atoms with E-state index in [2.05, 4.69) is 21.2 Å². The molecule has 5 heteroatoms. The molecule has 0 saturated carbocycles. The Hall–Kier alpha value is -0.550. The van der Waals surface area contributed by atoms with E-state index in [0.29, 0.717) is 16.6 Å². The average molecular weight is 296 g/mol. The molecule has 1 rings (SSSR count). The molecule has 0 aromatic heterocycles. The highest BCUT2D eigenvalue weighted by molar-refractivity contribution is 9.10. The van der Waals surface area contributed by atoms with Gasteiger partial charge in [-0.1, -0.05) is 28.9 Å². The highest BCUT2D eigenvalue weighted by Crippen LogP contribution is 2.20. The summed E-state index contributed by atoms with van der Waals surface area (Å²) in [7, 11) is 0. The minimum Gasteiger partial charge on any atom is -0.309 e. The van der Waals surface area contributed by atoms with Crippen LogP contribution in [0.1, 0.15) is 12.5 Å². The fourth-order valence-electron chi connectivity index (χ4n) is 1.44. The largest absolute Gasteiger partial charge is 0.309 e. The molecule has 1 nitrogen and oxygen atoms in total. The van der Waals surface area contributed by atoms with Crippen LogP contribution in [-0.2, 0) is 6.42 Å². The topological polar surface area (TPSA) is 12.0 Å². The van der Waals surface area contributed by atoms with Crippen LogP contribution in [0.15, 0.2) is 22.7 Å². The van der Waals surface area contributed by atoms with E-state index in [1.54, 1.807) is 6.92 Å². The lowest BCUT2D eigenvalue weighted by Gasteiger charge is -2.17. The van der Waals surface area contributed by atoms with Crippen LogP contribution in [0.25, 0.3) is 0 Å². The molecule has 1 atom stereocenters. The molecule has 0 spiro atoms. The molecule has 0 heterocycles. The summed E-state index contributed by atoms with van der Waals surface area (Å²) >= 11 is 3.16. The third-order valence-electron chi connectivity index (χ3n) is 2.23. The van der Waals surface area contributed by atoms with Gasteiger partial charge in [-0.05, 0) is 30.7 Å². The molecule has 1 aromatic rings. The number of rotatable bonds is 5. The normalized spacial score (nSPS) is 13.1. The zero-order valence-corrected chi connectivity index (χ0v) is 10.4. The van der Waals surface area contributed by atoms with Crippen molar-refractivity contribution in [3.8, 4) is 0 Å². The Morgan fingerprint density at radius 3 is 2.56 bits per heavy atom. The van der Waals surface area contributed by atoms with E-state index < -0.39 is 12.5 Å². The highest BCUT2D eigenvalue weighted by atomic mass is 79.9. The summed E-state index contributed by atoms with van der Waals surface area (Å²) in [6.45, 7) is 2.25. The Labute approximate surface area is 101 Å². The van der Waals surface area contributed by atoms with Gasteiger partial charge in [-0.3, -0.25) is 0 Å². The van der Waals surface area contributed by atoms with Crippen LogP contribution >= 0.6 is 15.9 Å². The van der Waals surface area contributed by atoms with E-state index in [1.165, 1.54) is 18.2 Å². The number of benzene rings is 1. The number of alkyl halides is 2. The molecule has 1 N–H and O–H groups in total. The Morgan fingerprint density at radius 2 is 2.06 bits per heavy atom. The van der Waals surface area contributed by atoms with Crippen LogP contribution < -0.4 is 5.32 Å². The molecule has 1 unspecified atom stereocenters. The first-order chi connectivity index (χ1) is 7.54. The SMILES string of the molecule is CCNC(Cc1ccc(F)cc1Br)C(F)F. The molecule has 0 amide bonds. The second-order valence-electron chi connectivity index (χ2n) is 3.44. The maximum Gasteiger partial charge on any atom is 0.254 e. The number of likely N-dealkylation sites (N-methyl/N-ethyl adjacent to an activating group) is 1. The zero-order chi connectivity index (χ0) is 12.1. The summed E-state index contributed by atoms with van der Waals surface area (Å²) < 4.78 is 38.6. The van der Waals surface area contributed by atoms with E-state index >= 15 is 0 Å². The summed E-state index contributed by atoms with van der Waals surface area (Å²) in [5, 5.41) is 2.71. The number of hydrogen-bond acceptors (Lipinski definition) is 1. The molecule has 0 saturated heterocycles. The zero-order valence-electron chi connectivity index (χ0n) is 8.81. The Bertz CT molecular complexity index is 344. The van der Waals surface area contributed by atoms with Gasteiger partial charge in [0.2, 0.25) is 0 Å². The minimum atomic E-state index is -2.43. The molecular formula is C11H13BrF3N. The first-order valence-corrected chi connectivity index (χ1v) is 5.79. The lowest BCUT2D eigenvalue weighted by molar-refractivity contribution is 0.0990. The minimum absolute atomic E-state index is 0.173. The summed E-state index contributed by atoms with van der Waals surface area (Å²) in [5.74, 6) is -0.382. The summed E-state index contributed by atoms with van der Waals surface area (Å²) in [6, 6.07) is 3.18. The standard InChI is InChI=1S/C11H13BrF3N/c1-2-16-10(11(14)15)5-7-3-4-8(13)6-9(7)12/h3-4,6,10-11,16H,2,5H2,1H3. The molecule has 0 aliphatic carbocycles. The second-order valence-corrected chi connectivity index (χ2v) is 4.29. The Kier molecular flexibility index (Phi) is 5.28. The van der Waals surface area contributed by atoms with Crippen molar-refractivity contribution in [2.45, 2.75) is 25.8 Å². The first-order valence-electron chi connectivity index (χ1n) is 5.00. The van der Waals surface area contributed by atoms with Crippen LogP contribution in [0, 0.1) is 5.82 Å².